The second-order valence-corrected chi connectivity index (χ2v) is 5.94. The number of carbonyl (C=O) groups is 2. The number of ether oxygens (including phenoxy) is 1. The largest absolute Gasteiger partial charge is 0.494 e. The van der Waals surface area contributed by atoms with E-state index >= 15 is 0 Å². The molecule has 138 valence electrons. The van der Waals surface area contributed by atoms with E-state index in [0.29, 0.717) is 31.7 Å². The van der Waals surface area contributed by atoms with Gasteiger partial charge in [0.15, 0.2) is 17.3 Å². The fourth-order valence-corrected chi connectivity index (χ4v) is 3.10. The lowest BCUT2D eigenvalue weighted by Gasteiger charge is -2.37. The van der Waals surface area contributed by atoms with Crippen molar-refractivity contribution in [3.05, 3.63) is 53.7 Å². The maximum atomic E-state index is 14.0. The molecule has 0 saturated carbocycles. The summed E-state index contributed by atoms with van der Waals surface area (Å²) < 4.78 is 24.0. The van der Waals surface area contributed by atoms with Crippen molar-refractivity contribution in [3.63, 3.8) is 0 Å². The quantitative estimate of drug-likeness (QED) is 0.876. The van der Waals surface area contributed by atoms with Gasteiger partial charge in [0.1, 0.15) is 6.04 Å². The van der Waals surface area contributed by atoms with Crippen molar-refractivity contribution in [1.82, 2.24) is 9.80 Å². The monoisotopic (exact) mass is 362 g/mol. The Balaban J connectivity index is 1.72. The van der Waals surface area contributed by atoms with Crippen molar-refractivity contribution < 1.29 is 28.2 Å². The lowest BCUT2D eigenvalue weighted by molar-refractivity contribution is -0.144. The first-order chi connectivity index (χ1) is 12.5. The Hall–Kier alpha value is -2.87. The number of piperazine rings is 1. The van der Waals surface area contributed by atoms with Gasteiger partial charge in [-0.25, -0.2) is 4.39 Å². The molecule has 0 radical (unpaired) electrons. The number of carboxylic acids is 1. The molecule has 7 nitrogen and oxygen atoms in total. The average Bonchev–Trinajstić information content (AvgIpc) is 3.16. The van der Waals surface area contributed by atoms with E-state index in [4.69, 9.17) is 9.15 Å². The van der Waals surface area contributed by atoms with Crippen molar-refractivity contribution in [2.24, 2.45) is 0 Å². The average molecular weight is 362 g/mol. The van der Waals surface area contributed by atoms with E-state index in [1.165, 1.54) is 25.5 Å². The van der Waals surface area contributed by atoms with Gasteiger partial charge in [0, 0.05) is 26.2 Å². The molecule has 1 aromatic heterocycles. The molecule has 1 aliphatic rings. The molecule has 0 aliphatic carbocycles. The standard InChI is InChI=1S/C18H19FN2O5/c1-25-14-5-4-12(11-13(14)19)16(18(23)24)20-6-8-21(9-7-20)17(22)15-3-2-10-26-15/h2-5,10-11,16H,6-9H2,1H3,(H,23,24). The van der Waals surface area contributed by atoms with Gasteiger partial charge in [0.2, 0.25) is 0 Å². The zero-order valence-electron chi connectivity index (χ0n) is 14.2. The van der Waals surface area contributed by atoms with E-state index in [1.54, 1.807) is 28.0 Å². The van der Waals surface area contributed by atoms with Crippen LogP contribution in [-0.2, 0) is 4.79 Å². The number of carbonyl (C=O) groups excluding carboxylic acids is 1. The molecule has 8 heteroatoms. The molecule has 2 heterocycles. The van der Waals surface area contributed by atoms with Gasteiger partial charge in [0.25, 0.3) is 5.91 Å². The maximum absolute atomic E-state index is 14.0. The predicted octanol–water partition coefficient (Wildman–Crippen LogP) is 2.01. The molecule has 1 aliphatic heterocycles. The van der Waals surface area contributed by atoms with Crippen LogP contribution in [-0.4, -0.2) is 60.1 Å². The van der Waals surface area contributed by atoms with E-state index in [0.717, 1.165) is 0 Å². The van der Waals surface area contributed by atoms with Crippen LogP contribution in [0.15, 0.2) is 41.0 Å². The van der Waals surface area contributed by atoms with Gasteiger partial charge in [0.05, 0.1) is 13.4 Å². The molecule has 1 fully saturated rings. The normalized spacial score (nSPS) is 16.3. The summed E-state index contributed by atoms with van der Waals surface area (Å²) in [6.45, 7) is 1.44. The van der Waals surface area contributed by atoms with Gasteiger partial charge in [-0.05, 0) is 29.8 Å². The van der Waals surface area contributed by atoms with Crippen LogP contribution in [0.5, 0.6) is 5.75 Å². The molecule has 1 N–H and O–H groups in total. The summed E-state index contributed by atoms with van der Waals surface area (Å²) in [5.74, 6) is -1.59. The van der Waals surface area contributed by atoms with Crippen LogP contribution in [0.4, 0.5) is 4.39 Å². The van der Waals surface area contributed by atoms with Crippen LogP contribution in [0.3, 0.4) is 0 Å². The molecule has 1 saturated heterocycles. The van der Waals surface area contributed by atoms with Crippen molar-refractivity contribution in [2.75, 3.05) is 33.3 Å². The smallest absolute Gasteiger partial charge is 0.325 e. The summed E-state index contributed by atoms with van der Waals surface area (Å²) in [4.78, 5) is 27.4. The van der Waals surface area contributed by atoms with Crippen LogP contribution in [0, 0.1) is 5.82 Å². The zero-order chi connectivity index (χ0) is 18.7. The summed E-state index contributed by atoms with van der Waals surface area (Å²) in [6, 6.07) is 6.38. The van der Waals surface area contributed by atoms with Crippen molar-refractivity contribution >= 4 is 11.9 Å². The fraction of sp³-hybridized carbons (Fsp3) is 0.333. The number of amides is 1. The van der Waals surface area contributed by atoms with E-state index in [2.05, 4.69) is 0 Å². The summed E-state index contributed by atoms with van der Waals surface area (Å²) in [7, 11) is 1.35. The highest BCUT2D eigenvalue weighted by molar-refractivity contribution is 5.91. The van der Waals surface area contributed by atoms with Crippen LogP contribution in [0.25, 0.3) is 0 Å². The molecule has 26 heavy (non-hydrogen) atoms. The van der Waals surface area contributed by atoms with Crippen molar-refractivity contribution in [1.29, 1.82) is 0 Å². The summed E-state index contributed by atoms with van der Waals surface area (Å²) in [6.07, 6.45) is 1.43. The number of benzene rings is 1. The molecule has 1 unspecified atom stereocenters. The van der Waals surface area contributed by atoms with Crippen molar-refractivity contribution in [2.45, 2.75) is 6.04 Å². The molecule has 2 aromatic rings. The van der Waals surface area contributed by atoms with Gasteiger partial charge < -0.3 is 19.2 Å². The number of methoxy groups -OCH3 is 1. The topological polar surface area (TPSA) is 83.2 Å². The highest BCUT2D eigenvalue weighted by atomic mass is 19.1. The maximum Gasteiger partial charge on any atom is 0.325 e. The third-order valence-electron chi connectivity index (χ3n) is 4.42. The minimum absolute atomic E-state index is 0.0618. The number of furan rings is 1. The fourth-order valence-electron chi connectivity index (χ4n) is 3.10. The molecule has 3 rings (SSSR count). The van der Waals surface area contributed by atoms with E-state index in [-0.39, 0.29) is 17.4 Å². The third-order valence-corrected chi connectivity index (χ3v) is 4.42. The number of rotatable bonds is 5. The number of aliphatic carboxylic acids is 1. The first-order valence-electron chi connectivity index (χ1n) is 8.14. The van der Waals surface area contributed by atoms with Crippen LogP contribution in [0.2, 0.25) is 0 Å². The zero-order valence-corrected chi connectivity index (χ0v) is 14.2. The minimum atomic E-state index is -1.07. The van der Waals surface area contributed by atoms with Gasteiger partial charge in [-0.3, -0.25) is 14.5 Å². The van der Waals surface area contributed by atoms with Crippen LogP contribution >= 0.6 is 0 Å². The van der Waals surface area contributed by atoms with Crippen LogP contribution < -0.4 is 4.74 Å². The summed E-state index contributed by atoms with van der Waals surface area (Å²) in [5.41, 5.74) is 0.335. The predicted molar refractivity (Wildman–Crippen MR) is 89.5 cm³/mol. The summed E-state index contributed by atoms with van der Waals surface area (Å²) >= 11 is 0. The number of hydrogen-bond donors (Lipinski definition) is 1. The van der Waals surface area contributed by atoms with Gasteiger partial charge in [-0.1, -0.05) is 6.07 Å². The Morgan fingerprint density at radius 1 is 1.23 bits per heavy atom. The second-order valence-electron chi connectivity index (χ2n) is 5.94. The Kier molecular flexibility index (Phi) is 5.22. The highest BCUT2D eigenvalue weighted by Crippen LogP contribution is 2.27. The SMILES string of the molecule is COc1ccc(C(C(=O)O)N2CCN(C(=O)c3ccco3)CC2)cc1F. The van der Waals surface area contributed by atoms with E-state index < -0.39 is 17.8 Å². The summed E-state index contributed by atoms with van der Waals surface area (Å²) in [5, 5.41) is 9.63. The molecule has 1 atom stereocenters. The highest BCUT2D eigenvalue weighted by Gasteiger charge is 2.32. The second kappa shape index (κ2) is 7.57. The van der Waals surface area contributed by atoms with Crippen LogP contribution in [0.1, 0.15) is 22.2 Å². The number of halogens is 1. The molecular formula is C18H19FN2O5. The lowest BCUT2D eigenvalue weighted by Crippen LogP contribution is -2.51. The Labute approximate surface area is 149 Å². The Morgan fingerprint density at radius 3 is 2.50 bits per heavy atom. The third kappa shape index (κ3) is 3.55. The molecule has 1 aromatic carbocycles. The first kappa shape index (κ1) is 17.9. The van der Waals surface area contributed by atoms with E-state index in [9.17, 15) is 19.1 Å². The number of nitrogens with zero attached hydrogens (tertiary/aromatic N) is 2. The van der Waals surface area contributed by atoms with Crippen molar-refractivity contribution in [3.8, 4) is 5.75 Å². The Morgan fingerprint density at radius 2 is 1.96 bits per heavy atom. The number of hydrogen-bond acceptors (Lipinski definition) is 5. The lowest BCUT2D eigenvalue weighted by atomic mass is 10.0. The minimum Gasteiger partial charge on any atom is -0.494 e. The number of carboxylic acid groups (broad SMARTS) is 1. The molecular weight excluding hydrogens is 343 g/mol. The Bertz CT molecular complexity index is 785. The van der Waals surface area contributed by atoms with E-state index in [1.807, 2.05) is 0 Å². The first-order valence-corrected chi connectivity index (χ1v) is 8.14. The van der Waals surface area contributed by atoms with Gasteiger partial charge in [-0.15, -0.1) is 0 Å². The molecule has 0 spiro atoms. The van der Waals surface area contributed by atoms with Gasteiger partial charge in [-0.2, -0.15) is 0 Å². The molecule has 1 amide bonds. The van der Waals surface area contributed by atoms with Gasteiger partial charge >= 0.3 is 5.97 Å². The molecule has 0 bridgehead atoms.